The normalized spacial score (nSPS) is 15.8. The van der Waals surface area contributed by atoms with E-state index in [1.807, 2.05) is 0 Å². The second-order valence-electron chi connectivity index (χ2n) is 6.63. The average molecular weight is 443 g/mol. The van der Waals surface area contributed by atoms with Crippen molar-refractivity contribution in [2.24, 2.45) is 5.10 Å². The van der Waals surface area contributed by atoms with Crippen molar-refractivity contribution >= 4 is 57.9 Å². The van der Waals surface area contributed by atoms with E-state index in [-0.39, 0.29) is 33.1 Å². The molecule has 0 unspecified atom stereocenters. The molecular formula is C20H12Cl2N4O4. The summed E-state index contributed by atoms with van der Waals surface area (Å²) < 4.78 is 5.83. The van der Waals surface area contributed by atoms with Gasteiger partial charge < -0.3 is 9.64 Å². The number of nitriles is 1. The molecule has 0 aliphatic carbocycles. The first-order valence-electron chi connectivity index (χ1n) is 8.69. The molecule has 0 spiro atoms. The van der Waals surface area contributed by atoms with Gasteiger partial charge in [-0.1, -0.05) is 29.3 Å². The summed E-state index contributed by atoms with van der Waals surface area (Å²) in [6, 6.07) is 9.68. The summed E-state index contributed by atoms with van der Waals surface area (Å²) in [6.07, 6.45) is -0.138. The Labute approximate surface area is 180 Å². The van der Waals surface area contributed by atoms with Gasteiger partial charge in [-0.25, -0.2) is 0 Å². The fourth-order valence-electron chi connectivity index (χ4n) is 3.16. The number of hydrogen-bond acceptors (Lipinski definition) is 6. The van der Waals surface area contributed by atoms with Crippen LogP contribution in [0.1, 0.15) is 12.0 Å². The van der Waals surface area contributed by atoms with E-state index in [0.29, 0.717) is 12.2 Å². The van der Waals surface area contributed by atoms with Crippen LogP contribution in [0.2, 0.25) is 10.0 Å². The van der Waals surface area contributed by atoms with Gasteiger partial charge in [0.2, 0.25) is 17.4 Å². The minimum Gasteiger partial charge on any atom is -0.454 e. The molecule has 30 heavy (non-hydrogen) atoms. The molecule has 0 bridgehead atoms. The van der Waals surface area contributed by atoms with Gasteiger partial charge in [-0.3, -0.25) is 14.4 Å². The van der Waals surface area contributed by atoms with Gasteiger partial charge in [0, 0.05) is 13.1 Å². The van der Waals surface area contributed by atoms with E-state index < -0.39 is 18.1 Å². The Balaban J connectivity index is 1.66. The van der Waals surface area contributed by atoms with Gasteiger partial charge in [-0.05, 0) is 23.8 Å². The van der Waals surface area contributed by atoms with Crippen LogP contribution in [0.15, 0.2) is 35.4 Å². The number of hydrazone groups is 1. The molecule has 4 rings (SSSR count). The molecule has 10 heteroatoms. The summed E-state index contributed by atoms with van der Waals surface area (Å²) in [5.41, 5.74) is 1.45. The Morgan fingerprint density at radius 1 is 1.07 bits per heavy atom. The molecule has 0 saturated heterocycles. The lowest BCUT2D eigenvalue weighted by molar-refractivity contribution is -0.124. The van der Waals surface area contributed by atoms with Crippen LogP contribution in [0.5, 0.6) is 11.5 Å². The number of benzene rings is 2. The number of fused-ring (bicyclic) bond motifs is 1. The fraction of sp³-hybridized carbons (Fsp3) is 0.150. The summed E-state index contributed by atoms with van der Waals surface area (Å²) in [4.78, 5) is 37.2. The molecule has 150 valence electrons. The van der Waals surface area contributed by atoms with Crippen LogP contribution in [0, 0.1) is 11.3 Å². The predicted molar refractivity (Wildman–Crippen MR) is 110 cm³/mol. The van der Waals surface area contributed by atoms with E-state index in [9.17, 15) is 14.4 Å². The summed E-state index contributed by atoms with van der Waals surface area (Å²) in [6.45, 7) is 0. The lowest BCUT2D eigenvalue weighted by atomic mass is 10.1. The Bertz CT molecular complexity index is 1180. The maximum atomic E-state index is 12.2. The third-order valence-corrected chi connectivity index (χ3v) is 5.26. The number of carbonyl (C=O) groups is 3. The van der Waals surface area contributed by atoms with Crippen molar-refractivity contribution in [3.05, 3.63) is 45.9 Å². The zero-order chi connectivity index (χ0) is 21.6. The minimum atomic E-state index is -0.643. The van der Waals surface area contributed by atoms with Crippen LogP contribution < -0.4 is 14.6 Å². The van der Waals surface area contributed by atoms with Crippen LogP contribution in [-0.4, -0.2) is 30.4 Å². The third kappa shape index (κ3) is 3.38. The number of nitrogens with zero attached hydrogens (tertiary/aromatic N) is 4. The highest BCUT2D eigenvalue weighted by molar-refractivity contribution is 6.50. The highest BCUT2D eigenvalue weighted by Crippen LogP contribution is 2.41. The molecule has 8 nitrogen and oxygen atoms in total. The van der Waals surface area contributed by atoms with Crippen LogP contribution in [0.25, 0.3) is 0 Å². The smallest absolute Gasteiger partial charge is 0.255 e. The lowest BCUT2D eigenvalue weighted by Gasteiger charge is -2.22. The number of ketones is 1. The predicted octanol–water partition coefficient (Wildman–Crippen LogP) is 3.49. The van der Waals surface area contributed by atoms with Crippen molar-refractivity contribution in [1.29, 1.82) is 5.26 Å². The number of amides is 2. The molecule has 2 aromatic rings. The van der Waals surface area contributed by atoms with E-state index in [1.165, 1.54) is 12.1 Å². The van der Waals surface area contributed by atoms with Crippen molar-refractivity contribution < 1.29 is 19.1 Å². The molecule has 0 N–H and O–H groups in total. The Morgan fingerprint density at radius 3 is 2.43 bits per heavy atom. The van der Waals surface area contributed by atoms with Gasteiger partial charge in [0.05, 0.1) is 34.3 Å². The van der Waals surface area contributed by atoms with Gasteiger partial charge in [-0.2, -0.15) is 15.4 Å². The molecule has 0 saturated carbocycles. The number of Topliss-reactive ketones (excluding diaryl/α,β-unsaturated/α-hetero) is 1. The minimum absolute atomic E-state index is 0.00968. The third-order valence-electron chi connectivity index (χ3n) is 4.70. The standard InChI is InChI=1S/C20H12Cl2N4O4/c1-25-16-7-12(3-2-10(16)4-18(25)28)30-20-13(21)5-11(6-14(20)22)26-19(29)8-17(27)15(9-23)24-26/h2-3,5-7H,4,8H2,1H3. The molecule has 0 radical (unpaired) electrons. The van der Waals surface area contributed by atoms with Gasteiger partial charge in [-0.15, -0.1) is 0 Å². The van der Waals surface area contributed by atoms with E-state index in [1.54, 1.807) is 36.2 Å². The molecule has 0 fully saturated rings. The Morgan fingerprint density at radius 2 is 1.77 bits per heavy atom. The highest BCUT2D eigenvalue weighted by Gasteiger charge is 2.30. The number of likely N-dealkylation sites (N-methyl/N-ethyl adjacent to an activating group) is 1. The van der Waals surface area contributed by atoms with Gasteiger partial charge in [0.1, 0.15) is 11.8 Å². The maximum Gasteiger partial charge on any atom is 0.255 e. The summed E-state index contributed by atoms with van der Waals surface area (Å²) >= 11 is 12.7. The van der Waals surface area contributed by atoms with Crippen molar-refractivity contribution in [3.8, 4) is 17.6 Å². The molecule has 2 heterocycles. The molecule has 2 aliphatic rings. The number of halogens is 2. The molecule has 2 aliphatic heterocycles. The quantitative estimate of drug-likeness (QED) is 0.676. The van der Waals surface area contributed by atoms with E-state index in [2.05, 4.69) is 5.10 Å². The van der Waals surface area contributed by atoms with E-state index in [4.69, 9.17) is 33.2 Å². The SMILES string of the molecule is CN1C(=O)Cc2ccc(Oc3c(Cl)cc(N4N=C(C#N)C(=O)CC4=O)cc3Cl)cc21. The lowest BCUT2D eigenvalue weighted by Crippen LogP contribution is -2.36. The van der Waals surface area contributed by atoms with Gasteiger partial charge in [0.15, 0.2) is 5.75 Å². The van der Waals surface area contributed by atoms with Crippen LogP contribution in [0.4, 0.5) is 11.4 Å². The number of rotatable bonds is 3. The highest BCUT2D eigenvalue weighted by atomic mass is 35.5. The first kappa shape index (κ1) is 19.9. The van der Waals surface area contributed by atoms with Crippen molar-refractivity contribution in [2.45, 2.75) is 12.8 Å². The van der Waals surface area contributed by atoms with E-state index >= 15 is 0 Å². The molecule has 2 aromatic carbocycles. The zero-order valence-electron chi connectivity index (χ0n) is 15.5. The van der Waals surface area contributed by atoms with Gasteiger partial charge >= 0.3 is 0 Å². The first-order chi connectivity index (χ1) is 14.3. The molecule has 0 atom stereocenters. The number of carbonyl (C=O) groups excluding carboxylic acids is 3. The van der Waals surface area contributed by atoms with Crippen LogP contribution in [0.3, 0.4) is 0 Å². The topological polar surface area (TPSA) is 103 Å². The first-order valence-corrected chi connectivity index (χ1v) is 9.45. The second kappa shape index (κ2) is 7.44. The van der Waals surface area contributed by atoms with E-state index in [0.717, 1.165) is 16.3 Å². The largest absolute Gasteiger partial charge is 0.454 e. The maximum absolute atomic E-state index is 12.2. The summed E-state index contributed by atoms with van der Waals surface area (Å²) in [5.74, 6) is -0.679. The molecule has 0 aromatic heterocycles. The van der Waals surface area contributed by atoms with Gasteiger partial charge in [0.25, 0.3) is 5.91 Å². The Hall–Kier alpha value is -3.41. The fourth-order valence-corrected chi connectivity index (χ4v) is 3.72. The second-order valence-corrected chi connectivity index (χ2v) is 7.44. The van der Waals surface area contributed by atoms with Crippen molar-refractivity contribution in [1.82, 2.24) is 0 Å². The monoisotopic (exact) mass is 442 g/mol. The molecular weight excluding hydrogens is 431 g/mol. The van der Waals surface area contributed by atoms with Crippen LogP contribution >= 0.6 is 23.2 Å². The van der Waals surface area contributed by atoms with Crippen molar-refractivity contribution in [3.63, 3.8) is 0 Å². The Kier molecular flexibility index (Phi) is 4.94. The van der Waals surface area contributed by atoms with Crippen LogP contribution in [-0.2, 0) is 20.8 Å². The zero-order valence-corrected chi connectivity index (χ0v) is 17.0. The average Bonchev–Trinajstić information content (AvgIpc) is 2.98. The van der Waals surface area contributed by atoms with Crippen molar-refractivity contribution in [2.75, 3.05) is 17.0 Å². The number of anilines is 2. The number of ether oxygens (including phenoxy) is 1. The molecule has 2 amide bonds. The summed E-state index contributed by atoms with van der Waals surface area (Å²) in [7, 11) is 1.68. The number of hydrogen-bond donors (Lipinski definition) is 0. The summed E-state index contributed by atoms with van der Waals surface area (Å²) in [5, 5.41) is 13.9.